The van der Waals surface area contributed by atoms with Crippen LogP contribution < -0.4 is 0 Å². The summed E-state index contributed by atoms with van der Waals surface area (Å²) in [6, 6.07) is 1.02. The third-order valence-electron chi connectivity index (χ3n) is 3.06. The molecular formula is C12H17N3O3S. The van der Waals surface area contributed by atoms with Crippen molar-refractivity contribution in [3.8, 4) is 0 Å². The molecule has 19 heavy (non-hydrogen) atoms. The van der Waals surface area contributed by atoms with E-state index in [1.165, 1.54) is 9.58 Å². The summed E-state index contributed by atoms with van der Waals surface area (Å²) in [6.07, 6.45) is 5.05. The summed E-state index contributed by atoms with van der Waals surface area (Å²) in [4.78, 5) is 25.1. The van der Waals surface area contributed by atoms with Crippen molar-refractivity contribution in [2.75, 3.05) is 5.75 Å². The average molecular weight is 283 g/mol. The van der Waals surface area contributed by atoms with E-state index < -0.39 is 12.0 Å². The summed E-state index contributed by atoms with van der Waals surface area (Å²) in [5.41, 5.74) is 0. The maximum atomic E-state index is 12.3. The van der Waals surface area contributed by atoms with Crippen LogP contribution in [0.4, 0.5) is 0 Å². The molecule has 1 fully saturated rings. The maximum absolute atomic E-state index is 12.3. The number of nitrogens with zero attached hydrogens (tertiary/aromatic N) is 3. The van der Waals surface area contributed by atoms with Crippen LogP contribution >= 0.6 is 11.8 Å². The van der Waals surface area contributed by atoms with Crippen molar-refractivity contribution in [3.05, 3.63) is 18.5 Å². The Kier molecular flexibility index (Phi) is 4.47. The van der Waals surface area contributed by atoms with Crippen LogP contribution in [0.5, 0.6) is 0 Å². The number of rotatable bonds is 5. The number of aliphatic carboxylic acids is 1. The fraction of sp³-hybridized carbons (Fsp3) is 0.583. The molecule has 1 saturated heterocycles. The van der Waals surface area contributed by atoms with Gasteiger partial charge in [-0.1, -0.05) is 13.3 Å². The van der Waals surface area contributed by atoms with Gasteiger partial charge in [0.2, 0.25) is 5.91 Å². The van der Waals surface area contributed by atoms with E-state index in [2.05, 4.69) is 5.10 Å². The number of carboxylic acid groups (broad SMARTS) is 1. The van der Waals surface area contributed by atoms with Gasteiger partial charge in [-0.15, -0.1) is 11.8 Å². The predicted octanol–water partition coefficient (Wildman–Crippen LogP) is 1.04. The Bertz CT molecular complexity index is 449. The summed E-state index contributed by atoms with van der Waals surface area (Å²) in [5.74, 6) is -0.648. The van der Waals surface area contributed by atoms with Crippen LogP contribution in [0.1, 0.15) is 19.8 Å². The van der Waals surface area contributed by atoms with E-state index in [1.54, 1.807) is 30.2 Å². The predicted molar refractivity (Wildman–Crippen MR) is 71.7 cm³/mol. The van der Waals surface area contributed by atoms with Gasteiger partial charge in [-0.25, -0.2) is 4.79 Å². The topological polar surface area (TPSA) is 75.4 Å². The van der Waals surface area contributed by atoms with Crippen molar-refractivity contribution < 1.29 is 14.7 Å². The highest BCUT2D eigenvalue weighted by molar-refractivity contribution is 8.00. The zero-order valence-electron chi connectivity index (χ0n) is 10.7. The number of thioether (sulfide) groups is 1. The Morgan fingerprint density at radius 2 is 2.32 bits per heavy atom. The van der Waals surface area contributed by atoms with Crippen molar-refractivity contribution in [2.24, 2.45) is 0 Å². The van der Waals surface area contributed by atoms with Crippen molar-refractivity contribution >= 4 is 23.6 Å². The van der Waals surface area contributed by atoms with Crippen molar-refractivity contribution in [2.45, 2.75) is 37.7 Å². The summed E-state index contributed by atoms with van der Waals surface area (Å²) in [7, 11) is 0. The Morgan fingerprint density at radius 3 is 2.89 bits per heavy atom. The molecule has 0 spiro atoms. The fourth-order valence-electron chi connectivity index (χ4n) is 2.17. The van der Waals surface area contributed by atoms with E-state index in [1.807, 2.05) is 6.92 Å². The first-order chi connectivity index (χ1) is 9.13. The highest BCUT2D eigenvalue weighted by Crippen LogP contribution is 2.32. The van der Waals surface area contributed by atoms with Gasteiger partial charge in [0, 0.05) is 18.1 Å². The van der Waals surface area contributed by atoms with Crippen molar-refractivity contribution in [1.29, 1.82) is 0 Å². The van der Waals surface area contributed by atoms with Crippen molar-refractivity contribution in [3.63, 3.8) is 0 Å². The third kappa shape index (κ3) is 3.09. The molecule has 0 aromatic carbocycles. The zero-order valence-corrected chi connectivity index (χ0v) is 11.5. The normalized spacial score (nSPS) is 22.7. The molecule has 0 bridgehead atoms. The standard InChI is InChI=1S/C12H17N3O3S/c1-2-4-11-15(9(8-19-11)12(17)18)10(16)7-14-6-3-5-13-14/h3,5-6,9,11H,2,4,7-8H2,1H3,(H,17,18). The van der Waals surface area contributed by atoms with E-state index in [0.717, 1.165) is 12.8 Å². The van der Waals surface area contributed by atoms with Gasteiger partial charge < -0.3 is 10.0 Å². The molecular weight excluding hydrogens is 266 g/mol. The lowest BCUT2D eigenvalue weighted by Crippen LogP contribution is -2.47. The van der Waals surface area contributed by atoms with Crippen LogP contribution in [-0.4, -0.2) is 48.8 Å². The molecule has 0 saturated carbocycles. The van der Waals surface area contributed by atoms with Gasteiger partial charge in [0.15, 0.2) is 0 Å². The molecule has 1 amide bonds. The van der Waals surface area contributed by atoms with Crippen LogP contribution in [-0.2, 0) is 16.1 Å². The lowest BCUT2D eigenvalue weighted by molar-refractivity contribution is -0.149. The van der Waals surface area contributed by atoms with E-state index >= 15 is 0 Å². The number of aromatic nitrogens is 2. The van der Waals surface area contributed by atoms with Gasteiger partial charge in [-0.2, -0.15) is 5.10 Å². The van der Waals surface area contributed by atoms with Crippen LogP contribution in [0.25, 0.3) is 0 Å². The van der Waals surface area contributed by atoms with Gasteiger partial charge in [-0.3, -0.25) is 9.48 Å². The molecule has 1 aromatic rings. The molecule has 1 aromatic heterocycles. The highest BCUT2D eigenvalue weighted by atomic mass is 32.2. The first-order valence-corrected chi connectivity index (χ1v) is 7.31. The Labute approximate surface area is 115 Å². The summed E-state index contributed by atoms with van der Waals surface area (Å²) in [6.45, 7) is 2.13. The Balaban J connectivity index is 2.11. The Morgan fingerprint density at radius 1 is 1.53 bits per heavy atom. The second-order valence-corrected chi connectivity index (χ2v) is 5.65. The van der Waals surface area contributed by atoms with E-state index in [4.69, 9.17) is 0 Å². The van der Waals surface area contributed by atoms with Gasteiger partial charge in [0.1, 0.15) is 12.6 Å². The Hall–Kier alpha value is -1.50. The lowest BCUT2D eigenvalue weighted by Gasteiger charge is -2.27. The lowest BCUT2D eigenvalue weighted by atomic mass is 10.2. The van der Waals surface area contributed by atoms with E-state index in [9.17, 15) is 14.7 Å². The first kappa shape index (κ1) is 13.9. The fourth-order valence-corrected chi connectivity index (χ4v) is 3.71. The minimum atomic E-state index is -0.931. The summed E-state index contributed by atoms with van der Waals surface area (Å²) in [5, 5.41) is 13.2. The molecule has 2 rings (SSSR count). The summed E-state index contributed by atoms with van der Waals surface area (Å²) >= 11 is 1.55. The minimum absolute atomic E-state index is 0.0332. The largest absolute Gasteiger partial charge is 0.480 e. The minimum Gasteiger partial charge on any atom is -0.480 e. The van der Waals surface area contributed by atoms with Gasteiger partial charge in [0.25, 0.3) is 0 Å². The average Bonchev–Trinajstić information content (AvgIpc) is 2.98. The molecule has 0 radical (unpaired) electrons. The van der Waals surface area contributed by atoms with Crippen molar-refractivity contribution in [1.82, 2.24) is 14.7 Å². The summed E-state index contributed by atoms with van der Waals surface area (Å²) < 4.78 is 1.52. The smallest absolute Gasteiger partial charge is 0.327 e. The molecule has 1 N–H and O–H groups in total. The molecule has 104 valence electrons. The zero-order chi connectivity index (χ0) is 13.8. The number of hydrogen-bond donors (Lipinski definition) is 1. The van der Waals surface area contributed by atoms with Gasteiger partial charge in [0.05, 0.1) is 5.37 Å². The number of hydrogen-bond acceptors (Lipinski definition) is 4. The van der Waals surface area contributed by atoms with E-state index in [0.29, 0.717) is 5.75 Å². The van der Waals surface area contributed by atoms with Gasteiger partial charge >= 0.3 is 5.97 Å². The molecule has 2 unspecified atom stereocenters. The van der Waals surface area contributed by atoms with Crippen LogP contribution in [0.2, 0.25) is 0 Å². The SMILES string of the molecule is CCCC1SCC(C(=O)O)N1C(=O)Cn1cccn1. The molecule has 2 atom stereocenters. The third-order valence-corrected chi connectivity index (χ3v) is 4.41. The van der Waals surface area contributed by atoms with Crippen LogP contribution in [0.15, 0.2) is 18.5 Å². The molecule has 1 aliphatic rings. The molecule has 1 aliphatic heterocycles. The molecule has 7 heteroatoms. The monoisotopic (exact) mass is 283 g/mol. The molecule has 0 aliphatic carbocycles. The quantitative estimate of drug-likeness (QED) is 0.873. The second-order valence-electron chi connectivity index (χ2n) is 4.44. The number of carbonyl (C=O) groups excluding carboxylic acids is 1. The van der Waals surface area contributed by atoms with Crippen LogP contribution in [0.3, 0.4) is 0 Å². The highest BCUT2D eigenvalue weighted by Gasteiger charge is 2.40. The van der Waals surface area contributed by atoms with Crippen LogP contribution in [0, 0.1) is 0 Å². The number of carboxylic acids is 1. The number of carbonyl (C=O) groups is 2. The second kappa shape index (κ2) is 6.10. The molecule has 2 heterocycles. The first-order valence-electron chi connectivity index (χ1n) is 6.26. The molecule has 6 nitrogen and oxygen atoms in total. The number of amides is 1. The maximum Gasteiger partial charge on any atom is 0.327 e. The van der Waals surface area contributed by atoms with Gasteiger partial charge in [-0.05, 0) is 12.5 Å². The van der Waals surface area contributed by atoms with E-state index in [-0.39, 0.29) is 17.8 Å².